The molecule has 7 nitrogen and oxygen atoms in total. The van der Waals surface area contributed by atoms with Gasteiger partial charge in [0.25, 0.3) is 5.91 Å². The summed E-state index contributed by atoms with van der Waals surface area (Å²) in [5, 5.41) is 2.86. The molecule has 0 unspecified atom stereocenters. The van der Waals surface area contributed by atoms with Gasteiger partial charge >= 0.3 is 6.09 Å². The molecule has 136 valence electrons. The number of amides is 2. The average molecular weight is 354 g/mol. The number of rotatable bonds is 5. The van der Waals surface area contributed by atoms with Crippen LogP contribution >= 0.6 is 0 Å². The molecule has 1 aliphatic heterocycles. The van der Waals surface area contributed by atoms with Gasteiger partial charge in [-0.3, -0.25) is 4.79 Å². The van der Waals surface area contributed by atoms with Crippen molar-refractivity contribution in [2.24, 2.45) is 5.92 Å². The Hall–Kier alpha value is -2.96. The van der Waals surface area contributed by atoms with Crippen molar-refractivity contribution in [2.75, 3.05) is 19.6 Å². The van der Waals surface area contributed by atoms with E-state index >= 15 is 0 Å². The quantitative estimate of drug-likeness (QED) is 0.890. The maximum atomic E-state index is 12.1. The largest absolute Gasteiger partial charge is 0.445 e. The fourth-order valence-corrected chi connectivity index (χ4v) is 2.86. The summed E-state index contributed by atoms with van der Waals surface area (Å²) in [5.41, 5.74) is 0.974. The van der Waals surface area contributed by atoms with Crippen molar-refractivity contribution < 1.29 is 14.3 Å². The lowest BCUT2D eigenvalue weighted by molar-refractivity contribution is 0.0799. The van der Waals surface area contributed by atoms with Crippen LogP contribution < -0.4 is 5.32 Å². The molecule has 1 saturated heterocycles. The van der Waals surface area contributed by atoms with Gasteiger partial charge in [-0.05, 0) is 30.4 Å². The number of nitrogens with zero attached hydrogens (tertiary/aromatic N) is 3. The van der Waals surface area contributed by atoms with Gasteiger partial charge in [-0.2, -0.15) is 0 Å². The van der Waals surface area contributed by atoms with Gasteiger partial charge in [0.15, 0.2) is 0 Å². The topological polar surface area (TPSA) is 84.4 Å². The van der Waals surface area contributed by atoms with Crippen LogP contribution in [0.5, 0.6) is 0 Å². The Kier molecular flexibility index (Phi) is 6.14. The number of aromatic nitrogens is 2. The second-order valence-corrected chi connectivity index (χ2v) is 6.25. The zero-order chi connectivity index (χ0) is 18.2. The van der Waals surface area contributed by atoms with Crippen LogP contribution in [0, 0.1) is 5.92 Å². The van der Waals surface area contributed by atoms with Gasteiger partial charge in [0.05, 0.1) is 0 Å². The van der Waals surface area contributed by atoms with E-state index in [1.807, 2.05) is 30.3 Å². The molecule has 1 aliphatic rings. The van der Waals surface area contributed by atoms with Gasteiger partial charge in [-0.1, -0.05) is 30.3 Å². The summed E-state index contributed by atoms with van der Waals surface area (Å²) in [7, 11) is 0. The van der Waals surface area contributed by atoms with Crippen LogP contribution in [0.25, 0.3) is 0 Å². The predicted octanol–water partition coefficient (Wildman–Crippen LogP) is 2.26. The molecule has 1 N–H and O–H groups in total. The molecular weight excluding hydrogens is 332 g/mol. The summed E-state index contributed by atoms with van der Waals surface area (Å²) in [6.45, 7) is 2.11. The maximum Gasteiger partial charge on any atom is 0.410 e. The average Bonchev–Trinajstić information content (AvgIpc) is 2.72. The van der Waals surface area contributed by atoms with Gasteiger partial charge in [0, 0.05) is 32.0 Å². The number of ether oxygens (including phenoxy) is 1. The van der Waals surface area contributed by atoms with Gasteiger partial charge < -0.3 is 15.0 Å². The molecule has 7 heteroatoms. The Morgan fingerprint density at radius 1 is 1.08 bits per heavy atom. The minimum atomic E-state index is -0.283. The Balaban J connectivity index is 1.37. The molecule has 0 bridgehead atoms. The minimum absolute atomic E-state index is 0.175. The van der Waals surface area contributed by atoms with Gasteiger partial charge in [0.2, 0.25) is 5.82 Å². The highest BCUT2D eigenvalue weighted by atomic mass is 16.6. The highest BCUT2D eigenvalue weighted by Gasteiger charge is 2.24. The van der Waals surface area contributed by atoms with Crippen LogP contribution in [0.2, 0.25) is 0 Å². The Bertz CT molecular complexity index is 716. The summed E-state index contributed by atoms with van der Waals surface area (Å²) in [6, 6.07) is 11.3. The molecule has 2 amide bonds. The Morgan fingerprint density at radius 2 is 1.77 bits per heavy atom. The number of carbonyl (C=O) groups excluding carboxylic acids is 2. The summed E-state index contributed by atoms with van der Waals surface area (Å²) >= 11 is 0. The minimum Gasteiger partial charge on any atom is -0.445 e. The van der Waals surface area contributed by atoms with E-state index in [0.717, 1.165) is 18.4 Å². The molecule has 1 aromatic heterocycles. The number of carbonyl (C=O) groups is 2. The standard InChI is InChI=1S/C19H22N4O3/c24-18(17-20-9-4-10-21-17)22-13-15-7-11-23(12-8-15)19(25)26-14-16-5-2-1-3-6-16/h1-6,9-10,15H,7-8,11-14H2,(H,22,24). The lowest BCUT2D eigenvalue weighted by Crippen LogP contribution is -2.41. The van der Waals surface area contributed by atoms with Crippen molar-refractivity contribution in [3.63, 3.8) is 0 Å². The van der Waals surface area contributed by atoms with Crippen LogP contribution in [-0.2, 0) is 11.3 Å². The third-order valence-corrected chi connectivity index (χ3v) is 4.40. The van der Waals surface area contributed by atoms with Crippen molar-refractivity contribution in [3.8, 4) is 0 Å². The molecule has 0 saturated carbocycles. The normalized spacial score (nSPS) is 14.7. The number of likely N-dealkylation sites (tertiary alicyclic amines) is 1. The molecular formula is C19H22N4O3. The van der Waals surface area contributed by atoms with E-state index in [0.29, 0.717) is 25.6 Å². The molecule has 0 atom stereocenters. The third-order valence-electron chi connectivity index (χ3n) is 4.40. The van der Waals surface area contributed by atoms with E-state index in [2.05, 4.69) is 15.3 Å². The second kappa shape index (κ2) is 8.94. The summed E-state index contributed by atoms with van der Waals surface area (Å²) in [6.07, 6.45) is 4.46. The highest BCUT2D eigenvalue weighted by molar-refractivity contribution is 5.90. The SMILES string of the molecule is O=C(NCC1CCN(C(=O)OCc2ccccc2)CC1)c1ncccn1. The van der Waals surface area contributed by atoms with Crippen molar-refractivity contribution >= 4 is 12.0 Å². The molecule has 26 heavy (non-hydrogen) atoms. The zero-order valence-electron chi connectivity index (χ0n) is 14.5. The predicted molar refractivity (Wildman–Crippen MR) is 95.3 cm³/mol. The smallest absolute Gasteiger partial charge is 0.410 e. The summed E-state index contributed by atoms with van der Waals surface area (Å²) in [5.74, 6) is 0.241. The van der Waals surface area contributed by atoms with E-state index < -0.39 is 0 Å². The second-order valence-electron chi connectivity index (χ2n) is 6.25. The first-order valence-corrected chi connectivity index (χ1v) is 8.73. The number of hydrogen-bond acceptors (Lipinski definition) is 5. The van der Waals surface area contributed by atoms with Crippen molar-refractivity contribution in [1.29, 1.82) is 0 Å². The van der Waals surface area contributed by atoms with Crippen LogP contribution in [0.1, 0.15) is 29.0 Å². The fraction of sp³-hybridized carbons (Fsp3) is 0.368. The molecule has 2 aromatic rings. The van der Waals surface area contributed by atoms with Crippen LogP contribution in [-0.4, -0.2) is 46.5 Å². The molecule has 0 spiro atoms. The number of nitrogens with one attached hydrogen (secondary N) is 1. The molecule has 1 fully saturated rings. The maximum absolute atomic E-state index is 12.1. The molecule has 3 rings (SSSR count). The Morgan fingerprint density at radius 3 is 2.46 bits per heavy atom. The third kappa shape index (κ3) is 5.02. The first kappa shape index (κ1) is 17.8. The number of piperidine rings is 1. The van der Waals surface area contributed by atoms with Crippen molar-refractivity contribution in [1.82, 2.24) is 20.2 Å². The highest BCUT2D eigenvalue weighted by Crippen LogP contribution is 2.17. The first-order valence-electron chi connectivity index (χ1n) is 8.73. The van der Waals surface area contributed by atoms with Crippen molar-refractivity contribution in [3.05, 3.63) is 60.2 Å². The Labute approximate surface area is 152 Å². The van der Waals surface area contributed by atoms with E-state index in [-0.39, 0.29) is 24.4 Å². The first-order chi connectivity index (χ1) is 12.7. The van der Waals surface area contributed by atoms with Crippen LogP contribution in [0.3, 0.4) is 0 Å². The van der Waals surface area contributed by atoms with Crippen molar-refractivity contribution in [2.45, 2.75) is 19.4 Å². The molecule has 1 aromatic carbocycles. The van der Waals surface area contributed by atoms with E-state index in [4.69, 9.17) is 4.74 Å². The number of hydrogen-bond donors (Lipinski definition) is 1. The molecule has 0 radical (unpaired) electrons. The zero-order valence-corrected chi connectivity index (χ0v) is 14.5. The summed E-state index contributed by atoms with van der Waals surface area (Å²) in [4.78, 5) is 33.7. The fourth-order valence-electron chi connectivity index (χ4n) is 2.86. The van der Waals surface area contributed by atoms with Gasteiger partial charge in [0.1, 0.15) is 6.61 Å². The summed E-state index contributed by atoms with van der Waals surface area (Å²) < 4.78 is 5.36. The van der Waals surface area contributed by atoms with Crippen LogP contribution in [0.15, 0.2) is 48.8 Å². The van der Waals surface area contributed by atoms with E-state index in [9.17, 15) is 9.59 Å². The lowest BCUT2D eigenvalue weighted by atomic mass is 9.97. The monoisotopic (exact) mass is 354 g/mol. The van der Waals surface area contributed by atoms with Gasteiger partial charge in [-0.25, -0.2) is 14.8 Å². The lowest BCUT2D eigenvalue weighted by Gasteiger charge is -2.31. The molecule has 2 heterocycles. The van der Waals surface area contributed by atoms with E-state index in [1.54, 1.807) is 23.4 Å². The van der Waals surface area contributed by atoms with Gasteiger partial charge in [-0.15, -0.1) is 0 Å². The van der Waals surface area contributed by atoms with Crippen LogP contribution in [0.4, 0.5) is 4.79 Å². The number of benzene rings is 1. The molecule has 0 aliphatic carbocycles. The van der Waals surface area contributed by atoms with E-state index in [1.165, 1.54) is 0 Å².